The second-order valence-corrected chi connectivity index (χ2v) is 4.67. The normalized spacial score (nSPS) is 18.9. The van der Waals surface area contributed by atoms with Crippen molar-refractivity contribution in [3.8, 4) is 0 Å². The van der Waals surface area contributed by atoms with Crippen LogP contribution in [0.25, 0.3) is 0 Å². The van der Waals surface area contributed by atoms with E-state index in [1.165, 1.54) is 0 Å². The van der Waals surface area contributed by atoms with Gasteiger partial charge in [-0.05, 0) is 28.1 Å². The minimum Gasteiger partial charge on any atom is -0.395 e. The molecule has 0 aromatic carbocycles. The molecule has 1 aromatic rings. The van der Waals surface area contributed by atoms with Crippen molar-refractivity contribution in [1.82, 2.24) is 10.3 Å². The lowest BCUT2D eigenvalue weighted by Gasteiger charge is -2.08. The highest BCUT2D eigenvalue weighted by Crippen LogP contribution is 2.16. The third-order valence-electron chi connectivity index (χ3n) is 2.42. The van der Waals surface area contributed by atoms with Crippen LogP contribution in [0.4, 0.5) is 0 Å². The first kappa shape index (κ1) is 12.5. The average Bonchev–Trinajstić information content (AvgIpc) is 2.79. The average molecular weight is 300 g/mol. The van der Waals surface area contributed by atoms with Gasteiger partial charge in [0.15, 0.2) is 0 Å². The molecule has 0 radical (unpaired) electrons. The van der Waals surface area contributed by atoms with Crippen LogP contribution in [0.2, 0.25) is 0 Å². The number of hydrogen-bond acceptors (Lipinski definition) is 5. The Hall–Kier alpha value is -0.980. The fourth-order valence-electron chi connectivity index (χ4n) is 1.58. The van der Waals surface area contributed by atoms with Gasteiger partial charge in [-0.3, -0.25) is 4.98 Å². The van der Waals surface area contributed by atoms with E-state index < -0.39 is 0 Å². The molecule has 1 aliphatic rings. The number of pyridine rings is 1. The highest BCUT2D eigenvalue weighted by atomic mass is 79.9. The Morgan fingerprint density at radius 2 is 2.41 bits per heavy atom. The van der Waals surface area contributed by atoms with Gasteiger partial charge in [-0.15, -0.1) is 0 Å². The van der Waals surface area contributed by atoms with Crippen molar-refractivity contribution >= 4 is 21.6 Å². The van der Waals surface area contributed by atoms with Crippen LogP contribution in [0.3, 0.4) is 0 Å². The molecule has 0 amide bonds. The van der Waals surface area contributed by atoms with Crippen molar-refractivity contribution in [2.45, 2.75) is 12.5 Å². The van der Waals surface area contributed by atoms with Crippen molar-refractivity contribution in [3.63, 3.8) is 0 Å². The molecule has 0 spiro atoms. The topological polar surface area (TPSA) is 66.7 Å². The van der Waals surface area contributed by atoms with Gasteiger partial charge in [-0.2, -0.15) is 0 Å². The molecule has 6 heteroatoms. The van der Waals surface area contributed by atoms with Crippen molar-refractivity contribution in [1.29, 1.82) is 0 Å². The van der Waals surface area contributed by atoms with Gasteiger partial charge in [0.2, 0.25) is 0 Å². The third kappa shape index (κ3) is 3.49. The van der Waals surface area contributed by atoms with Crippen molar-refractivity contribution < 1.29 is 9.94 Å². The Kier molecular flexibility index (Phi) is 4.47. The smallest absolute Gasteiger partial charge is 0.145 e. The number of hydrogen-bond donors (Lipinski definition) is 2. The van der Waals surface area contributed by atoms with Crippen LogP contribution >= 0.6 is 15.9 Å². The van der Waals surface area contributed by atoms with Crippen LogP contribution in [0.15, 0.2) is 28.0 Å². The van der Waals surface area contributed by atoms with Gasteiger partial charge in [-0.1, -0.05) is 5.16 Å². The van der Waals surface area contributed by atoms with Crippen LogP contribution in [0, 0.1) is 0 Å². The number of rotatable bonds is 5. The summed E-state index contributed by atoms with van der Waals surface area (Å²) in [7, 11) is 0. The van der Waals surface area contributed by atoms with E-state index in [1.54, 1.807) is 6.20 Å². The van der Waals surface area contributed by atoms with E-state index in [0.29, 0.717) is 13.1 Å². The number of aromatic nitrogens is 1. The van der Waals surface area contributed by atoms with E-state index in [9.17, 15) is 0 Å². The number of oxime groups is 1. The first-order valence-corrected chi connectivity index (χ1v) is 6.25. The summed E-state index contributed by atoms with van der Waals surface area (Å²) in [5.74, 6) is 0. The van der Waals surface area contributed by atoms with Crippen molar-refractivity contribution in [2.75, 3.05) is 19.7 Å². The van der Waals surface area contributed by atoms with Gasteiger partial charge < -0.3 is 15.3 Å². The summed E-state index contributed by atoms with van der Waals surface area (Å²) in [4.78, 5) is 9.56. The van der Waals surface area contributed by atoms with Crippen LogP contribution in [-0.4, -0.2) is 41.6 Å². The lowest BCUT2D eigenvalue weighted by atomic mass is 10.1. The lowest BCUT2D eigenvalue weighted by molar-refractivity contribution is 0.0841. The molecule has 2 heterocycles. The Labute approximate surface area is 108 Å². The summed E-state index contributed by atoms with van der Waals surface area (Å²) < 4.78 is 0.946. The molecule has 5 nitrogen and oxygen atoms in total. The van der Waals surface area contributed by atoms with E-state index in [0.717, 1.165) is 22.3 Å². The maximum absolute atomic E-state index is 8.65. The van der Waals surface area contributed by atoms with E-state index in [1.807, 2.05) is 12.1 Å². The van der Waals surface area contributed by atoms with Gasteiger partial charge in [-0.25, -0.2) is 0 Å². The second-order valence-electron chi connectivity index (χ2n) is 3.76. The molecule has 1 aromatic heterocycles. The second kappa shape index (κ2) is 6.09. The SMILES string of the molecule is OCCNC[C@@H]1CC(c2ccc(Br)cn2)=NO1. The number of nitrogens with one attached hydrogen (secondary N) is 1. The summed E-state index contributed by atoms with van der Waals surface area (Å²) >= 11 is 3.34. The van der Waals surface area contributed by atoms with Crippen molar-refractivity contribution in [2.24, 2.45) is 5.16 Å². The number of aliphatic hydroxyl groups is 1. The fourth-order valence-corrected chi connectivity index (χ4v) is 1.81. The summed E-state index contributed by atoms with van der Waals surface area (Å²) in [6, 6.07) is 3.85. The lowest BCUT2D eigenvalue weighted by Crippen LogP contribution is -2.29. The summed E-state index contributed by atoms with van der Waals surface area (Å²) in [5, 5.41) is 15.8. The molecule has 0 unspecified atom stereocenters. The zero-order chi connectivity index (χ0) is 12.1. The first-order chi connectivity index (χ1) is 8.29. The van der Waals surface area contributed by atoms with E-state index in [-0.39, 0.29) is 12.7 Å². The zero-order valence-corrected chi connectivity index (χ0v) is 10.9. The molecule has 0 saturated carbocycles. The molecule has 0 bridgehead atoms. The summed E-state index contributed by atoms with van der Waals surface area (Å²) in [6.07, 6.45) is 2.52. The molecule has 17 heavy (non-hydrogen) atoms. The Morgan fingerprint density at radius 1 is 1.53 bits per heavy atom. The molecular weight excluding hydrogens is 286 g/mol. The minimum absolute atomic E-state index is 0.0296. The van der Waals surface area contributed by atoms with Gasteiger partial charge >= 0.3 is 0 Å². The molecule has 0 saturated heterocycles. The first-order valence-electron chi connectivity index (χ1n) is 5.46. The van der Waals surface area contributed by atoms with Gasteiger partial charge in [0.05, 0.1) is 12.3 Å². The van der Waals surface area contributed by atoms with E-state index in [2.05, 4.69) is 31.4 Å². The minimum atomic E-state index is 0.0296. The number of aliphatic hydroxyl groups excluding tert-OH is 1. The Balaban J connectivity index is 1.86. The quantitative estimate of drug-likeness (QED) is 0.794. The highest BCUT2D eigenvalue weighted by Gasteiger charge is 2.22. The van der Waals surface area contributed by atoms with Crippen LogP contribution in [0.1, 0.15) is 12.1 Å². The van der Waals surface area contributed by atoms with Gasteiger partial charge in [0.25, 0.3) is 0 Å². The molecule has 2 rings (SSSR count). The summed E-state index contributed by atoms with van der Waals surface area (Å²) in [6.45, 7) is 1.39. The Morgan fingerprint density at radius 3 is 3.12 bits per heavy atom. The van der Waals surface area contributed by atoms with Crippen molar-refractivity contribution in [3.05, 3.63) is 28.5 Å². The molecule has 1 atom stereocenters. The van der Waals surface area contributed by atoms with E-state index in [4.69, 9.17) is 9.94 Å². The largest absolute Gasteiger partial charge is 0.395 e. The molecular formula is C11H14BrN3O2. The maximum atomic E-state index is 8.65. The molecule has 92 valence electrons. The predicted octanol–water partition coefficient (Wildman–Crippen LogP) is 0.919. The molecule has 0 aliphatic carbocycles. The third-order valence-corrected chi connectivity index (χ3v) is 2.89. The highest BCUT2D eigenvalue weighted by molar-refractivity contribution is 9.10. The van der Waals surface area contributed by atoms with Gasteiger partial charge in [0, 0.05) is 30.2 Å². The monoisotopic (exact) mass is 299 g/mol. The molecule has 2 N–H and O–H groups in total. The van der Waals surface area contributed by atoms with Crippen LogP contribution < -0.4 is 5.32 Å². The Bertz CT molecular complexity index is 394. The number of halogens is 1. The zero-order valence-electron chi connectivity index (χ0n) is 9.27. The van der Waals surface area contributed by atoms with Crippen LogP contribution in [-0.2, 0) is 4.84 Å². The maximum Gasteiger partial charge on any atom is 0.145 e. The van der Waals surface area contributed by atoms with E-state index >= 15 is 0 Å². The standard InChI is InChI=1S/C11H14BrN3O2/c12-8-1-2-10(14-6-8)11-5-9(17-15-11)7-13-3-4-16/h1-2,6,9,13,16H,3-5,7H2/t9-/m0/s1. The molecule has 0 fully saturated rings. The van der Waals surface area contributed by atoms with Crippen LogP contribution in [0.5, 0.6) is 0 Å². The summed E-state index contributed by atoms with van der Waals surface area (Å²) in [5.41, 5.74) is 1.71. The van der Waals surface area contributed by atoms with Gasteiger partial charge in [0.1, 0.15) is 11.8 Å². The fraction of sp³-hybridized carbons (Fsp3) is 0.455. The number of nitrogens with zero attached hydrogens (tertiary/aromatic N) is 2. The molecule has 1 aliphatic heterocycles. The predicted molar refractivity (Wildman–Crippen MR) is 67.9 cm³/mol.